The molecule has 0 saturated carbocycles. The highest BCUT2D eigenvalue weighted by Crippen LogP contribution is 2.13. The second-order valence-electron chi connectivity index (χ2n) is 5.36. The Hall–Kier alpha value is -1.59. The molecule has 2 N–H and O–H groups in total. The van der Waals surface area contributed by atoms with Crippen molar-refractivity contribution in [1.82, 2.24) is 10.2 Å². The van der Waals surface area contributed by atoms with Gasteiger partial charge in [0, 0.05) is 25.9 Å². The van der Waals surface area contributed by atoms with E-state index in [0.717, 1.165) is 0 Å². The summed E-state index contributed by atoms with van der Waals surface area (Å²) in [5, 5.41) is 11.7. The van der Waals surface area contributed by atoms with Gasteiger partial charge in [-0.05, 0) is 33.6 Å². The van der Waals surface area contributed by atoms with Crippen LogP contribution in [0.1, 0.15) is 59.8 Å². The van der Waals surface area contributed by atoms with Crippen LogP contribution in [0.4, 0.5) is 0 Å². The van der Waals surface area contributed by atoms with Crippen molar-refractivity contribution in [2.45, 2.75) is 65.3 Å². The summed E-state index contributed by atoms with van der Waals surface area (Å²) in [6, 6.07) is 0. The van der Waals surface area contributed by atoms with E-state index in [9.17, 15) is 19.5 Å². The molecule has 2 amide bonds. The van der Waals surface area contributed by atoms with E-state index < -0.39 is 11.5 Å². The van der Waals surface area contributed by atoms with E-state index in [1.54, 1.807) is 4.90 Å². The lowest BCUT2D eigenvalue weighted by Gasteiger charge is -2.25. The van der Waals surface area contributed by atoms with Crippen molar-refractivity contribution in [3.8, 4) is 0 Å². The summed E-state index contributed by atoms with van der Waals surface area (Å²) in [7, 11) is 0. The normalized spacial score (nSPS) is 13.3. The van der Waals surface area contributed by atoms with Gasteiger partial charge in [-0.1, -0.05) is 13.3 Å². The number of nitrogens with zero attached hydrogens (tertiary/aromatic N) is 1. The zero-order chi connectivity index (χ0) is 16.5. The highest BCUT2D eigenvalue weighted by Gasteiger charge is 2.33. The molecular formula is C15H28N2O4. The first kappa shape index (κ1) is 19.4. The monoisotopic (exact) mass is 300 g/mol. The molecule has 0 aliphatic heterocycles. The molecule has 1 unspecified atom stereocenters. The molecule has 0 bridgehead atoms. The Morgan fingerprint density at radius 3 is 2.10 bits per heavy atom. The summed E-state index contributed by atoms with van der Waals surface area (Å²) in [5.41, 5.74) is -1.23. The predicted octanol–water partition coefficient (Wildman–Crippen LogP) is 1.78. The molecule has 0 aromatic heterocycles. The number of hydrogen-bond acceptors (Lipinski definition) is 3. The minimum atomic E-state index is -1.23. The lowest BCUT2D eigenvalue weighted by molar-refractivity contribution is -0.147. The van der Waals surface area contributed by atoms with Gasteiger partial charge in [0.2, 0.25) is 11.8 Å². The van der Waals surface area contributed by atoms with E-state index in [-0.39, 0.29) is 18.2 Å². The summed E-state index contributed by atoms with van der Waals surface area (Å²) in [6.45, 7) is 8.53. The zero-order valence-corrected chi connectivity index (χ0v) is 13.6. The summed E-state index contributed by atoms with van der Waals surface area (Å²) < 4.78 is 0. The molecule has 0 heterocycles. The molecule has 0 aromatic carbocycles. The minimum absolute atomic E-state index is 0.0300. The first-order chi connectivity index (χ1) is 9.80. The molecule has 0 rings (SSSR count). The Bertz CT molecular complexity index is 367. The number of carboxylic acids is 1. The third kappa shape index (κ3) is 6.60. The highest BCUT2D eigenvalue weighted by molar-refractivity contribution is 5.86. The van der Waals surface area contributed by atoms with E-state index in [2.05, 4.69) is 5.32 Å². The van der Waals surface area contributed by atoms with E-state index in [1.165, 1.54) is 6.92 Å². The second kappa shape index (κ2) is 9.37. The van der Waals surface area contributed by atoms with E-state index in [1.807, 2.05) is 20.8 Å². The van der Waals surface area contributed by atoms with Crippen molar-refractivity contribution >= 4 is 17.8 Å². The van der Waals surface area contributed by atoms with Gasteiger partial charge < -0.3 is 15.3 Å². The number of nitrogens with one attached hydrogen (secondary N) is 1. The van der Waals surface area contributed by atoms with Gasteiger partial charge in [0.15, 0.2) is 0 Å². The standard InChI is InChI=1S/C15H28N2O4/c1-5-11-15(4,14(20)21)16-12(18)9-8-10-13(19)17(6-2)7-3/h5-11H2,1-4H3,(H,16,18)(H,20,21). The van der Waals surface area contributed by atoms with Crippen molar-refractivity contribution in [3.63, 3.8) is 0 Å². The van der Waals surface area contributed by atoms with Crippen molar-refractivity contribution in [2.24, 2.45) is 0 Å². The van der Waals surface area contributed by atoms with E-state index in [4.69, 9.17) is 0 Å². The molecule has 6 heteroatoms. The smallest absolute Gasteiger partial charge is 0.329 e. The number of amides is 2. The van der Waals surface area contributed by atoms with Crippen LogP contribution in [-0.4, -0.2) is 46.4 Å². The quantitative estimate of drug-likeness (QED) is 0.644. The van der Waals surface area contributed by atoms with Crippen LogP contribution in [0.3, 0.4) is 0 Å². The molecule has 0 aromatic rings. The molecular weight excluding hydrogens is 272 g/mol. The molecule has 0 saturated heterocycles. The van der Waals surface area contributed by atoms with Crippen LogP contribution in [-0.2, 0) is 14.4 Å². The summed E-state index contributed by atoms with van der Waals surface area (Å²) in [6.07, 6.45) is 1.96. The summed E-state index contributed by atoms with van der Waals surface area (Å²) in [4.78, 5) is 36.6. The molecule has 122 valence electrons. The maximum absolute atomic E-state index is 11.8. The van der Waals surface area contributed by atoms with Crippen LogP contribution in [0.25, 0.3) is 0 Å². The van der Waals surface area contributed by atoms with Gasteiger partial charge >= 0.3 is 5.97 Å². The molecule has 21 heavy (non-hydrogen) atoms. The van der Waals surface area contributed by atoms with Crippen LogP contribution < -0.4 is 5.32 Å². The Labute approximate surface area is 126 Å². The molecule has 0 radical (unpaired) electrons. The Kier molecular flexibility index (Phi) is 8.66. The minimum Gasteiger partial charge on any atom is -0.480 e. The lowest BCUT2D eigenvalue weighted by atomic mass is 9.96. The van der Waals surface area contributed by atoms with Gasteiger partial charge in [0.05, 0.1) is 0 Å². The van der Waals surface area contributed by atoms with Gasteiger partial charge in [-0.3, -0.25) is 9.59 Å². The molecule has 0 aliphatic carbocycles. The average molecular weight is 300 g/mol. The second-order valence-corrected chi connectivity index (χ2v) is 5.36. The number of carboxylic acid groups (broad SMARTS) is 1. The fourth-order valence-electron chi connectivity index (χ4n) is 2.23. The first-order valence-corrected chi connectivity index (χ1v) is 7.62. The zero-order valence-electron chi connectivity index (χ0n) is 13.6. The van der Waals surface area contributed by atoms with Gasteiger partial charge in [0.25, 0.3) is 0 Å². The number of rotatable bonds is 10. The van der Waals surface area contributed by atoms with E-state index in [0.29, 0.717) is 38.8 Å². The molecule has 0 aliphatic rings. The highest BCUT2D eigenvalue weighted by atomic mass is 16.4. The van der Waals surface area contributed by atoms with Crippen LogP contribution in [0, 0.1) is 0 Å². The predicted molar refractivity (Wildman–Crippen MR) is 80.9 cm³/mol. The van der Waals surface area contributed by atoms with Crippen LogP contribution in [0.5, 0.6) is 0 Å². The third-order valence-corrected chi connectivity index (χ3v) is 3.55. The SMILES string of the molecule is CCCC(C)(NC(=O)CCCC(=O)N(CC)CC)C(=O)O. The van der Waals surface area contributed by atoms with Crippen molar-refractivity contribution in [2.75, 3.05) is 13.1 Å². The first-order valence-electron chi connectivity index (χ1n) is 7.62. The summed E-state index contributed by atoms with van der Waals surface area (Å²) in [5.74, 6) is -1.32. The molecule has 0 spiro atoms. The maximum atomic E-state index is 11.8. The Balaban J connectivity index is 4.27. The van der Waals surface area contributed by atoms with Gasteiger partial charge in [-0.2, -0.15) is 0 Å². The van der Waals surface area contributed by atoms with Gasteiger partial charge in [-0.15, -0.1) is 0 Å². The number of carbonyl (C=O) groups excluding carboxylic acids is 2. The fourth-order valence-corrected chi connectivity index (χ4v) is 2.23. The lowest BCUT2D eigenvalue weighted by Crippen LogP contribution is -2.52. The van der Waals surface area contributed by atoms with Crippen LogP contribution >= 0.6 is 0 Å². The van der Waals surface area contributed by atoms with E-state index >= 15 is 0 Å². The Morgan fingerprint density at radius 2 is 1.67 bits per heavy atom. The van der Waals surface area contributed by atoms with Crippen LogP contribution in [0.2, 0.25) is 0 Å². The van der Waals surface area contributed by atoms with Crippen molar-refractivity contribution in [1.29, 1.82) is 0 Å². The topological polar surface area (TPSA) is 86.7 Å². The fraction of sp³-hybridized carbons (Fsp3) is 0.800. The van der Waals surface area contributed by atoms with Crippen molar-refractivity contribution in [3.05, 3.63) is 0 Å². The largest absolute Gasteiger partial charge is 0.480 e. The molecule has 0 fully saturated rings. The maximum Gasteiger partial charge on any atom is 0.329 e. The average Bonchev–Trinajstić information content (AvgIpc) is 2.40. The number of carbonyl (C=O) groups is 3. The number of aliphatic carboxylic acids is 1. The molecule has 1 atom stereocenters. The molecule has 6 nitrogen and oxygen atoms in total. The number of hydrogen-bond donors (Lipinski definition) is 2. The third-order valence-electron chi connectivity index (χ3n) is 3.55. The van der Waals surface area contributed by atoms with Gasteiger partial charge in [0.1, 0.15) is 5.54 Å². The van der Waals surface area contributed by atoms with Crippen molar-refractivity contribution < 1.29 is 19.5 Å². The summed E-state index contributed by atoms with van der Waals surface area (Å²) >= 11 is 0. The van der Waals surface area contributed by atoms with Gasteiger partial charge in [-0.25, -0.2) is 4.79 Å². The Morgan fingerprint density at radius 1 is 1.10 bits per heavy atom. The van der Waals surface area contributed by atoms with Crippen LogP contribution in [0.15, 0.2) is 0 Å².